The number of likely N-dealkylation sites (tertiary alicyclic amines) is 1. The Bertz CT molecular complexity index is 1390. The van der Waals surface area contributed by atoms with Gasteiger partial charge in [0.05, 0.1) is 13.2 Å². The van der Waals surface area contributed by atoms with Gasteiger partial charge in [-0.2, -0.15) is 0 Å². The molecule has 1 fully saturated rings. The van der Waals surface area contributed by atoms with Crippen molar-refractivity contribution in [2.24, 2.45) is 11.7 Å². The number of nitrogens with two attached hydrogens (primary N) is 1. The molecule has 2 amide bonds. The normalized spacial score (nSPS) is 17.6. The number of nitrogens with one attached hydrogen (secondary N) is 1. The molecule has 43 heavy (non-hydrogen) atoms. The molecule has 0 radical (unpaired) electrons. The second kappa shape index (κ2) is 14.5. The molecule has 1 saturated heterocycles. The molecule has 4 N–H and O–H groups in total. The molecule has 4 rings (SSSR count). The van der Waals surface area contributed by atoms with Crippen LogP contribution in [0.25, 0.3) is 11.1 Å². The fourth-order valence-corrected chi connectivity index (χ4v) is 6.03. The molecule has 1 aliphatic rings. The zero-order valence-corrected chi connectivity index (χ0v) is 25.9. The van der Waals surface area contributed by atoms with Crippen LogP contribution in [0.3, 0.4) is 0 Å². The molecular weight excluding hydrogens is 542 g/mol. The Labute approximate surface area is 255 Å². The van der Waals surface area contributed by atoms with E-state index in [1.54, 1.807) is 7.11 Å². The van der Waals surface area contributed by atoms with Gasteiger partial charge in [0, 0.05) is 68.1 Å². The van der Waals surface area contributed by atoms with Crippen molar-refractivity contribution in [2.75, 3.05) is 59.9 Å². The van der Waals surface area contributed by atoms with Crippen LogP contribution in [0, 0.1) is 5.92 Å². The minimum atomic E-state index is -0.531. The van der Waals surface area contributed by atoms with Gasteiger partial charge >= 0.3 is 0 Å². The summed E-state index contributed by atoms with van der Waals surface area (Å²) in [4.78, 5) is 32.1. The zero-order valence-electron chi connectivity index (χ0n) is 25.9. The third-order valence-electron chi connectivity index (χ3n) is 8.08. The van der Waals surface area contributed by atoms with Crippen LogP contribution in [0.1, 0.15) is 27.9 Å². The highest BCUT2D eigenvalue weighted by atomic mass is 16.5. The molecule has 0 spiro atoms. The number of anilines is 1. The number of hydrogen-bond donors (Lipinski definition) is 3. The van der Waals surface area contributed by atoms with Gasteiger partial charge in [0.2, 0.25) is 5.91 Å². The predicted octanol–water partition coefficient (Wildman–Crippen LogP) is 3.00. The van der Waals surface area contributed by atoms with E-state index >= 15 is 0 Å². The molecule has 0 bridgehead atoms. The smallest absolute Gasteiger partial charge is 0.251 e. The van der Waals surface area contributed by atoms with Crippen LogP contribution in [0.5, 0.6) is 5.75 Å². The number of nitrogens with zero attached hydrogens (tertiary/aromatic N) is 3. The van der Waals surface area contributed by atoms with Crippen molar-refractivity contribution in [3.8, 4) is 16.9 Å². The van der Waals surface area contributed by atoms with Crippen LogP contribution in [-0.4, -0.2) is 93.8 Å². The average molecular weight is 588 g/mol. The van der Waals surface area contributed by atoms with Crippen molar-refractivity contribution < 1.29 is 19.4 Å². The number of primary amides is 1. The standard InChI is InChI=1S/C34H45N5O4/c1-37(2)21-28(16-23-10-7-6-8-11-23)36-34(42)27-17-26(18-29(19-27)38(3)4)30-13-9-12-24(32(30)43-5)20-39-15-14-25(22-40)31(39)33(35)41/h6-13,17-19,25,28,31,40H,14-16,20-22H2,1-5H3,(H2,35,41)(H,36,42). The zero-order chi connectivity index (χ0) is 31.1. The van der Waals surface area contributed by atoms with E-state index in [9.17, 15) is 14.7 Å². The van der Waals surface area contributed by atoms with E-state index in [1.807, 2.05) is 92.6 Å². The minimum absolute atomic E-state index is 0.0735. The summed E-state index contributed by atoms with van der Waals surface area (Å²) < 4.78 is 5.95. The van der Waals surface area contributed by atoms with Crippen LogP contribution < -0.4 is 20.7 Å². The van der Waals surface area contributed by atoms with Crippen LogP contribution in [-0.2, 0) is 17.8 Å². The quantitative estimate of drug-likeness (QED) is 0.282. The molecule has 0 aliphatic carbocycles. The Morgan fingerprint density at radius 2 is 1.81 bits per heavy atom. The summed E-state index contributed by atoms with van der Waals surface area (Å²) in [5.41, 5.74) is 10.9. The van der Waals surface area contributed by atoms with Crippen LogP contribution in [0.2, 0.25) is 0 Å². The van der Waals surface area contributed by atoms with E-state index in [2.05, 4.69) is 22.3 Å². The molecule has 3 unspecified atom stereocenters. The van der Waals surface area contributed by atoms with Crippen molar-refractivity contribution in [3.05, 3.63) is 83.4 Å². The number of carbonyl (C=O) groups is 2. The second-order valence-electron chi connectivity index (χ2n) is 11.8. The highest BCUT2D eigenvalue weighted by Crippen LogP contribution is 2.37. The minimum Gasteiger partial charge on any atom is -0.496 e. The van der Waals surface area contributed by atoms with Gasteiger partial charge in [0.25, 0.3) is 5.91 Å². The number of ether oxygens (including phenoxy) is 1. The maximum Gasteiger partial charge on any atom is 0.251 e. The van der Waals surface area contributed by atoms with Crippen LogP contribution in [0.15, 0.2) is 66.7 Å². The number of benzene rings is 3. The molecule has 1 aliphatic heterocycles. The summed E-state index contributed by atoms with van der Waals surface area (Å²) >= 11 is 0. The predicted molar refractivity (Wildman–Crippen MR) is 171 cm³/mol. The van der Waals surface area contributed by atoms with E-state index in [0.717, 1.165) is 28.8 Å². The summed E-state index contributed by atoms with van der Waals surface area (Å²) in [6.07, 6.45) is 1.43. The van der Waals surface area contributed by atoms with Crippen molar-refractivity contribution in [3.63, 3.8) is 0 Å². The molecule has 9 heteroatoms. The SMILES string of the molecule is COc1c(CN2CCC(CO)C2C(N)=O)cccc1-c1cc(C(=O)NC(Cc2ccccc2)CN(C)C)cc(N(C)C)c1. The van der Waals surface area contributed by atoms with Crippen molar-refractivity contribution in [1.29, 1.82) is 0 Å². The highest BCUT2D eigenvalue weighted by molar-refractivity contribution is 5.97. The lowest BCUT2D eigenvalue weighted by Crippen LogP contribution is -2.44. The number of para-hydroxylation sites is 1. The first kappa shape index (κ1) is 32.0. The van der Waals surface area contributed by atoms with E-state index in [4.69, 9.17) is 10.5 Å². The van der Waals surface area contributed by atoms with E-state index < -0.39 is 11.9 Å². The molecule has 230 valence electrons. The monoisotopic (exact) mass is 587 g/mol. The number of likely N-dealkylation sites (N-methyl/N-ethyl adjacent to an activating group) is 1. The van der Waals surface area contributed by atoms with Gasteiger partial charge in [-0.3, -0.25) is 14.5 Å². The summed E-state index contributed by atoms with van der Waals surface area (Å²) in [6.45, 7) is 1.73. The fraction of sp³-hybridized carbons (Fsp3) is 0.412. The number of aliphatic hydroxyl groups excluding tert-OH is 1. The summed E-state index contributed by atoms with van der Waals surface area (Å²) in [7, 11) is 9.55. The molecule has 3 aromatic rings. The molecule has 9 nitrogen and oxygen atoms in total. The Morgan fingerprint density at radius 1 is 1.07 bits per heavy atom. The Morgan fingerprint density at radius 3 is 2.44 bits per heavy atom. The first-order chi connectivity index (χ1) is 20.6. The molecular formula is C34H45N5O4. The van der Waals surface area contributed by atoms with Gasteiger partial charge in [0.1, 0.15) is 5.75 Å². The van der Waals surface area contributed by atoms with Crippen LogP contribution in [0.4, 0.5) is 5.69 Å². The summed E-state index contributed by atoms with van der Waals surface area (Å²) in [5, 5.41) is 13.0. The molecule has 1 heterocycles. The Balaban J connectivity index is 1.66. The van der Waals surface area contributed by atoms with Gasteiger partial charge in [-0.15, -0.1) is 0 Å². The summed E-state index contributed by atoms with van der Waals surface area (Å²) in [6, 6.07) is 21.4. The first-order valence-corrected chi connectivity index (χ1v) is 14.7. The van der Waals surface area contributed by atoms with Crippen molar-refractivity contribution in [2.45, 2.75) is 31.5 Å². The van der Waals surface area contributed by atoms with E-state index in [0.29, 0.717) is 37.4 Å². The number of hydrogen-bond acceptors (Lipinski definition) is 7. The summed E-state index contributed by atoms with van der Waals surface area (Å²) in [5.74, 6) is -0.0714. The van der Waals surface area contributed by atoms with Gasteiger partial charge in [-0.05, 0) is 62.8 Å². The number of rotatable bonds is 13. The number of amides is 2. The number of methoxy groups -OCH3 is 1. The molecule has 3 aromatic carbocycles. The lowest BCUT2D eigenvalue weighted by molar-refractivity contribution is -0.124. The molecule has 0 aromatic heterocycles. The largest absolute Gasteiger partial charge is 0.496 e. The fourth-order valence-electron chi connectivity index (χ4n) is 6.03. The van der Waals surface area contributed by atoms with Crippen molar-refractivity contribution >= 4 is 17.5 Å². The third kappa shape index (κ3) is 7.93. The molecule has 3 atom stereocenters. The van der Waals surface area contributed by atoms with Crippen LogP contribution >= 0.6 is 0 Å². The van der Waals surface area contributed by atoms with Gasteiger partial charge < -0.3 is 30.7 Å². The lowest BCUT2D eigenvalue weighted by Gasteiger charge is -2.26. The van der Waals surface area contributed by atoms with Crippen molar-refractivity contribution in [1.82, 2.24) is 15.1 Å². The third-order valence-corrected chi connectivity index (χ3v) is 8.08. The maximum atomic E-state index is 13.7. The topological polar surface area (TPSA) is 111 Å². The molecule has 0 saturated carbocycles. The van der Waals surface area contributed by atoms with Gasteiger partial charge in [-0.25, -0.2) is 0 Å². The van der Waals surface area contributed by atoms with Gasteiger partial charge in [0.15, 0.2) is 0 Å². The van der Waals surface area contributed by atoms with Gasteiger partial charge in [-0.1, -0.05) is 48.5 Å². The van der Waals surface area contributed by atoms with E-state index in [1.165, 1.54) is 5.56 Å². The van der Waals surface area contributed by atoms with E-state index in [-0.39, 0.29) is 24.5 Å². The Hall–Kier alpha value is -3.92. The second-order valence-corrected chi connectivity index (χ2v) is 11.8. The Kier molecular flexibility index (Phi) is 10.8. The first-order valence-electron chi connectivity index (χ1n) is 14.7. The lowest BCUT2D eigenvalue weighted by atomic mass is 9.97. The number of carbonyl (C=O) groups excluding carboxylic acids is 2. The number of aliphatic hydroxyl groups is 1. The maximum absolute atomic E-state index is 13.7. The highest BCUT2D eigenvalue weighted by Gasteiger charge is 2.38. The average Bonchev–Trinajstić information content (AvgIpc) is 3.39.